The van der Waals surface area contributed by atoms with Crippen molar-refractivity contribution in [2.75, 3.05) is 0 Å². The second-order valence-corrected chi connectivity index (χ2v) is 2.88. The van der Waals surface area contributed by atoms with Crippen LogP contribution in [0.25, 0.3) is 10.3 Å². The fourth-order valence-corrected chi connectivity index (χ4v) is 1.34. The number of rotatable bonds is 1. The van der Waals surface area contributed by atoms with Crippen molar-refractivity contribution in [3.8, 4) is 0 Å². The topological polar surface area (TPSA) is 64.7 Å². The Morgan fingerprint density at radius 3 is 3.27 bits per heavy atom. The summed E-state index contributed by atoms with van der Waals surface area (Å²) in [6, 6.07) is 1.91. The van der Waals surface area contributed by atoms with Gasteiger partial charge in [0.05, 0.1) is 0 Å². The molecule has 0 saturated heterocycles. The molecule has 2 heterocycles. The average Bonchev–Trinajstić information content (AvgIpc) is 2.50. The van der Waals surface area contributed by atoms with Crippen LogP contribution in [0.4, 0.5) is 0 Å². The number of aromatic nitrogens is 3. The van der Waals surface area contributed by atoms with Crippen molar-refractivity contribution in [3.05, 3.63) is 17.8 Å². The van der Waals surface area contributed by atoms with E-state index in [9.17, 15) is 0 Å². The van der Waals surface area contributed by atoms with Gasteiger partial charge in [0.15, 0.2) is 4.83 Å². The summed E-state index contributed by atoms with van der Waals surface area (Å²) in [5.41, 5.74) is 7.25. The maximum Gasteiger partial charge on any atom is 0.163 e. The number of nitrogens with zero attached hydrogens (tertiary/aromatic N) is 3. The molecule has 0 amide bonds. The first-order valence-corrected chi connectivity index (χ1v) is 3.94. The van der Waals surface area contributed by atoms with Crippen molar-refractivity contribution < 1.29 is 0 Å². The van der Waals surface area contributed by atoms with Crippen molar-refractivity contribution in [3.63, 3.8) is 0 Å². The molecule has 0 aliphatic rings. The molecule has 0 atom stereocenters. The number of pyridine rings is 1. The van der Waals surface area contributed by atoms with Gasteiger partial charge in [0, 0.05) is 24.3 Å². The van der Waals surface area contributed by atoms with E-state index in [1.165, 1.54) is 11.5 Å². The van der Waals surface area contributed by atoms with Crippen LogP contribution in [0.1, 0.15) is 5.56 Å². The quantitative estimate of drug-likeness (QED) is 0.671. The van der Waals surface area contributed by atoms with E-state index in [1.807, 2.05) is 6.07 Å². The zero-order valence-electron chi connectivity index (χ0n) is 5.69. The minimum absolute atomic E-state index is 0.500. The van der Waals surface area contributed by atoms with Crippen LogP contribution in [0.5, 0.6) is 0 Å². The molecule has 2 N–H and O–H groups in total. The molecule has 11 heavy (non-hydrogen) atoms. The van der Waals surface area contributed by atoms with E-state index >= 15 is 0 Å². The zero-order chi connectivity index (χ0) is 7.68. The van der Waals surface area contributed by atoms with E-state index in [4.69, 9.17) is 5.73 Å². The van der Waals surface area contributed by atoms with Crippen LogP contribution in [0, 0.1) is 0 Å². The third kappa shape index (κ3) is 1.08. The third-order valence-electron chi connectivity index (χ3n) is 1.40. The van der Waals surface area contributed by atoms with E-state index in [2.05, 4.69) is 14.6 Å². The molecule has 4 nitrogen and oxygen atoms in total. The smallest absolute Gasteiger partial charge is 0.163 e. The zero-order valence-corrected chi connectivity index (χ0v) is 6.51. The lowest BCUT2D eigenvalue weighted by Gasteiger charge is -1.91. The molecule has 0 unspecified atom stereocenters. The standard InChI is InChI=1S/C6H6N4S/c7-2-4-1-5-6(8-3-4)11-10-9-5/h1,3H,2,7H2. The van der Waals surface area contributed by atoms with Crippen LogP contribution in [0.15, 0.2) is 12.3 Å². The fourth-order valence-electron chi connectivity index (χ4n) is 0.839. The Kier molecular flexibility index (Phi) is 1.52. The van der Waals surface area contributed by atoms with Crippen molar-refractivity contribution in [2.45, 2.75) is 6.54 Å². The highest BCUT2D eigenvalue weighted by Crippen LogP contribution is 2.12. The summed E-state index contributed by atoms with van der Waals surface area (Å²) in [5, 5.41) is 3.88. The molecule has 2 aromatic rings. The van der Waals surface area contributed by atoms with Gasteiger partial charge >= 0.3 is 0 Å². The summed E-state index contributed by atoms with van der Waals surface area (Å²) < 4.78 is 3.77. The van der Waals surface area contributed by atoms with Gasteiger partial charge in [-0.2, -0.15) is 0 Å². The molecule has 0 spiro atoms. The van der Waals surface area contributed by atoms with Crippen LogP contribution in [-0.2, 0) is 6.54 Å². The molecule has 56 valence electrons. The fraction of sp³-hybridized carbons (Fsp3) is 0.167. The minimum Gasteiger partial charge on any atom is -0.326 e. The van der Waals surface area contributed by atoms with Crippen LogP contribution in [-0.4, -0.2) is 14.6 Å². The van der Waals surface area contributed by atoms with Gasteiger partial charge in [0.25, 0.3) is 0 Å². The number of fused-ring (bicyclic) bond motifs is 1. The molecule has 0 radical (unpaired) electrons. The SMILES string of the molecule is NCc1cnc2snnc2c1. The van der Waals surface area contributed by atoms with Crippen molar-refractivity contribution in [1.29, 1.82) is 0 Å². The Hall–Kier alpha value is -1.07. The molecule has 0 bridgehead atoms. The van der Waals surface area contributed by atoms with Gasteiger partial charge < -0.3 is 5.73 Å². The van der Waals surface area contributed by atoms with Gasteiger partial charge in [-0.1, -0.05) is 4.49 Å². The van der Waals surface area contributed by atoms with Gasteiger partial charge in [0.1, 0.15) is 5.52 Å². The molecule has 2 aromatic heterocycles. The first-order valence-electron chi connectivity index (χ1n) is 3.17. The highest BCUT2D eigenvalue weighted by molar-refractivity contribution is 7.12. The Morgan fingerprint density at radius 2 is 2.45 bits per heavy atom. The van der Waals surface area contributed by atoms with Gasteiger partial charge in [-0.25, -0.2) is 4.98 Å². The van der Waals surface area contributed by atoms with Crippen LogP contribution >= 0.6 is 11.5 Å². The molecule has 0 fully saturated rings. The van der Waals surface area contributed by atoms with Crippen molar-refractivity contribution in [2.24, 2.45) is 5.73 Å². The lowest BCUT2D eigenvalue weighted by Crippen LogP contribution is -1.96. The van der Waals surface area contributed by atoms with Crippen LogP contribution in [0.3, 0.4) is 0 Å². The highest BCUT2D eigenvalue weighted by atomic mass is 32.1. The maximum absolute atomic E-state index is 5.42. The summed E-state index contributed by atoms with van der Waals surface area (Å²) in [6.07, 6.45) is 1.75. The second-order valence-electron chi connectivity index (χ2n) is 2.14. The Balaban J connectivity index is 2.67. The molecule has 0 aliphatic carbocycles. The van der Waals surface area contributed by atoms with Crippen molar-refractivity contribution in [1.82, 2.24) is 14.6 Å². The summed E-state index contributed by atoms with van der Waals surface area (Å²) in [6.45, 7) is 0.500. The normalized spacial score (nSPS) is 10.6. The Labute approximate surface area is 67.2 Å². The van der Waals surface area contributed by atoms with E-state index in [0.29, 0.717) is 6.54 Å². The van der Waals surface area contributed by atoms with E-state index in [1.54, 1.807) is 6.20 Å². The van der Waals surface area contributed by atoms with Gasteiger partial charge in [-0.15, -0.1) is 5.10 Å². The first kappa shape index (κ1) is 6.63. The largest absolute Gasteiger partial charge is 0.326 e. The lowest BCUT2D eigenvalue weighted by atomic mass is 10.3. The number of hydrogen-bond donors (Lipinski definition) is 1. The van der Waals surface area contributed by atoms with Gasteiger partial charge in [0.2, 0.25) is 0 Å². The lowest BCUT2D eigenvalue weighted by molar-refractivity contribution is 1.06. The third-order valence-corrected chi connectivity index (χ3v) is 2.05. The Morgan fingerprint density at radius 1 is 1.55 bits per heavy atom. The summed E-state index contributed by atoms with van der Waals surface area (Å²) in [7, 11) is 0. The molecular formula is C6H6N4S. The second kappa shape index (κ2) is 2.52. The monoisotopic (exact) mass is 166 g/mol. The van der Waals surface area contributed by atoms with E-state index in [-0.39, 0.29) is 0 Å². The molecule has 5 heteroatoms. The van der Waals surface area contributed by atoms with Crippen molar-refractivity contribution >= 4 is 21.9 Å². The van der Waals surface area contributed by atoms with Gasteiger partial charge in [-0.05, 0) is 11.6 Å². The minimum atomic E-state index is 0.500. The summed E-state index contributed by atoms with van der Waals surface area (Å²) in [4.78, 5) is 4.99. The highest BCUT2D eigenvalue weighted by Gasteiger charge is 1.98. The van der Waals surface area contributed by atoms with E-state index < -0.39 is 0 Å². The molecule has 0 saturated carbocycles. The Bertz CT molecular complexity index is 369. The molecule has 2 rings (SSSR count). The first-order chi connectivity index (χ1) is 5.40. The number of hydrogen-bond acceptors (Lipinski definition) is 5. The summed E-state index contributed by atoms with van der Waals surface area (Å²) in [5.74, 6) is 0. The summed E-state index contributed by atoms with van der Waals surface area (Å²) >= 11 is 1.29. The predicted octanol–water partition coefficient (Wildman–Crippen LogP) is 0.545. The molecular weight excluding hydrogens is 160 g/mol. The maximum atomic E-state index is 5.42. The van der Waals surface area contributed by atoms with Crippen LogP contribution < -0.4 is 5.73 Å². The van der Waals surface area contributed by atoms with E-state index in [0.717, 1.165) is 15.9 Å². The van der Waals surface area contributed by atoms with Gasteiger partial charge in [-0.3, -0.25) is 0 Å². The number of nitrogens with two attached hydrogens (primary N) is 1. The average molecular weight is 166 g/mol. The van der Waals surface area contributed by atoms with Crippen LogP contribution in [0.2, 0.25) is 0 Å². The molecule has 0 aromatic carbocycles. The predicted molar refractivity (Wildman–Crippen MR) is 43.1 cm³/mol. The molecule has 0 aliphatic heterocycles.